The lowest BCUT2D eigenvalue weighted by Crippen LogP contribution is -2.29. The van der Waals surface area contributed by atoms with E-state index in [0.29, 0.717) is 11.1 Å². The van der Waals surface area contributed by atoms with Gasteiger partial charge in [-0.1, -0.05) is 96.1 Å². The fraction of sp³-hybridized carbons (Fsp3) is 0.143. The van der Waals surface area contributed by atoms with E-state index < -0.39 is 58.1 Å². The molecule has 0 unspecified atom stereocenters. The molecule has 2 aliphatic heterocycles. The Balaban J connectivity index is 0.000000164. The fourth-order valence-corrected chi connectivity index (χ4v) is 6.41. The highest BCUT2D eigenvalue weighted by atomic mass is 19.3. The van der Waals surface area contributed by atoms with Gasteiger partial charge in [-0.25, -0.2) is 13.2 Å². The highest BCUT2D eigenvalue weighted by molar-refractivity contribution is 5.82. The fourth-order valence-electron chi connectivity index (χ4n) is 6.41. The number of hydrogen-bond donors (Lipinski definition) is 0. The van der Waals surface area contributed by atoms with Crippen molar-refractivity contribution in [2.24, 2.45) is 0 Å². The minimum absolute atomic E-state index is 0.0226. The Bertz CT molecular complexity index is 2410. The summed E-state index contributed by atoms with van der Waals surface area (Å²) in [6, 6.07) is 24.9. The van der Waals surface area contributed by atoms with Gasteiger partial charge in [0.2, 0.25) is 5.82 Å². The molecule has 11 heteroatoms. The third-order valence-corrected chi connectivity index (χ3v) is 9.20. The monoisotopic (exact) mass is 732 g/mol. The Labute approximate surface area is 299 Å². The minimum Gasteiger partial charge on any atom is -0.494 e. The average molecular weight is 733 g/mol. The van der Waals surface area contributed by atoms with Gasteiger partial charge >= 0.3 is 12.2 Å². The largest absolute Gasteiger partial charge is 0.494 e. The standard InChI is InChI=1S/C21H14F4O2.C21H14F4O/c1-11-3-5-12(6-4-11)13-7-8-14-15-9-10-16(26-2)19(23)20(15)27-21(24,25)17(14)18(13)22;1-11-3-6-13(7-4-11)14-9-10-15-16-8-5-12(2)18(22)20(16)26-21(24,25)17(15)19(14)23/h3-10H,1-2H3;3-10H,1-2H3. The quantitative estimate of drug-likeness (QED) is 0.170. The molecule has 3 nitrogen and oxygen atoms in total. The van der Waals surface area contributed by atoms with E-state index in [9.17, 15) is 26.3 Å². The first-order chi connectivity index (χ1) is 25.1. The predicted molar refractivity (Wildman–Crippen MR) is 184 cm³/mol. The van der Waals surface area contributed by atoms with Crippen LogP contribution >= 0.6 is 0 Å². The Morgan fingerprint density at radius 2 is 0.811 bits per heavy atom. The van der Waals surface area contributed by atoms with Gasteiger partial charge < -0.3 is 14.2 Å². The lowest BCUT2D eigenvalue weighted by atomic mass is 9.90. The molecule has 0 spiro atoms. The molecule has 0 saturated carbocycles. The van der Waals surface area contributed by atoms with Crippen molar-refractivity contribution in [3.8, 4) is 61.8 Å². The van der Waals surface area contributed by atoms with Crippen LogP contribution in [0.5, 0.6) is 17.2 Å². The SMILES string of the molecule is COc1ccc2c(c1F)OC(F)(F)c1c-2ccc(-c2ccc(C)cc2)c1F.Cc1ccc(-c2ccc3c(c2F)C(F)(F)Oc2c-3ccc(C)c2F)cc1. The molecule has 0 aromatic heterocycles. The van der Waals surface area contributed by atoms with E-state index in [1.165, 1.54) is 62.6 Å². The molecule has 0 bridgehead atoms. The summed E-state index contributed by atoms with van der Waals surface area (Å²) in [5.41, 5.74) is 1.33. The number of benzene rings is 6. The van der Waals surface area contributed by atoms with E-state index in [0.717, 1.165) is 11.1 Å². The van der Waals surface area contributed by atoms with E-state index in [1.807, 2.05) is 13.8 Å². The maximum absolute atomic E-state index is 15.1. The number of hydrogen-bond acceptors (Lipinski definition) is 3. The van der Waals surface area contributed by atoms with Crippen LogP contribution < -0.4 is 14.2 Å². The zero-order valence-electron chi connectivity index (χ0n) is 28.5. The van der Waals surface area contributed by atoms with Crippen molar-refractivity contribution in [2.45, 2.75) is 33.0 Å². The highest BCUT2D eigenvalue weighted by Crippen LogP contribution is 2.52. The molecule has 6 aromatic rings. The molecule has 8 rings (SSSR count). The van der Waals surface area contributed by atoms with Crippen molar-refractivity contribution in [1.29, 1.82) is 0 Å². The van der Waals surface area contributed by atoms with E-state index in [-0.39, 0.29) is 44.7 Å². The van der Waals surface area contributed by atoms with Crippen molar-refractivity contribution >= 4 is 0 Å². The third-order valence-electron chi connectivity index (χ3n) is 9.20. The van der Waals surface area contributed by atoms with Gasteiger partial charge in [-0.3, -0.25) is 0 Å². The van der Waals surface area contributed by atoms with Gasteiger partial charge in [0, 0.05) is 33.4 Å². The zero-order valence-corrected chi connectivity index (χ0v) is 28.5. The van der Waals surface area contributed by atoms with Crippen LogP contribution in [0.15, 0.2) is 97.1 Å². The van der Waals surface area contributed by atoms with Crippen LogP contribution in [0.1, 0.15) is 27.8 Å². The molecule has 6 aromatic carbocycles. The van der Waals surface area contributed by atoms with E-state index >= 15 is 8.78 Å². The van der Waals surface area contributed by atoms with Crippen molar-refractivity contribution in [3.05, 3.63) is 148 Å². The van der Waals surface area contributed by atoms with Gasteiger partial charge in [0.25, 0.3) is 0 Å². The zero-order chi connectivity index (χ0) is 38.0. The van der Waals surface area contributed by atoms with E-state index in [4.69, 9.17) is 4.74 Å². The Hall–Kier alpha value is -5.84. The number of aryl methyl sites for hydroxylation is 3. The van der Waals surface area contributed by atoms with E-state index in [1.54, 1.807) is 48.5 Å². The lowest BCUT2D eigenvalue weighted by Gasteiger charge is -2.29. The normalized spacial score (nSPS) is 14.3. The lowest BCUT2D eigenvalue weighted by molar-refractivity contribution is -0.191. The van der Waals surface area contributed by atoms with Crippen molar-refractivity contribution in [1.82, 2.24) is 0 Å². The molecule has 270 valence electrons. The average Bonchev–Trinajstić information content (AvgIpc) is 3.11. The Morgan fingerprint density at radius 3 is 1.25 bits per heavy atom. The predicted octanol–water partition coefficient (Wildman–Crippen LogP) is 12.4. The summed E-state index contributed by atoms with van der Waals surface area (Å²) in [4.78, 5) is 0. The molecule has 2 heterocycles. The summed E-state index contributed by atoms with van der Waals surface area (Å²) >= 11 is 0. The van der Waals surface area contributed by atoms with Gasteiger partial charge in [0.1, 0.15) is 22.8 Å². The molecule has 0 saturated heterocycles. The molecule has 0 amide bonds. The molecule has 2 aliphatic rings. The summed E-state index contributed by atoms with van der Waals surface area (Å²) in [6.07, 6.45) is -8.00. The van der Waals surface area contributed by atoms with Crippen LogP contribution in [-0.4, -0.2) is 7.11 Å². The van der Waals surface area contributed by atoms with Crippen LogP contribution in [0.2, 0.25) is 0 Å². The number of fused-ring (bicyclic) bond motifs is 6. The Kier molecular flexibility index (Phi) is 8.71. The first-order valence-electron chi connectivity index (χ1n) is 16.2. The van der Waals surface area contributed by atoms with Gasteiger partial charge in [0.15, 0.2) is 23.1 Å². The van der Waals surface area contributed by atoms with Gasteiger partial charge in [0.05, 0.1) is 7.11 Å². The molecular weight excluding hydrogens is 704 g/mol. The maximum Gasteiger partial charge on any atom is 0.430 e. The van der Waals surface area contributed by atoms with Crippen LogP contribution in [0.3, 0.4) is 0 Å². The smallest absolute Gasteiger partial charge is 0.430 e. The molecule has 53 heavy (non-hydrogen) atoms. The molecule has 0 atom stereocenters. The number of ether oxygens (including phenoxy) is 3. The van der Waals surface area contributed by atoms with Crippen LogP contribution in [0.25, 0.3) is 44.5 Å². The van der Waals surface area contributed by atoms with Crippen LogP contribution in [0, 0.1) is 44.0 Å². The number of alkyl halides is 4. The van der Waals surface area contributed by atoms with Crippen molar-refractivity contribution in [2.75, 3.05) is 7.11 Å². The highest BCUT2D eigenvalue weighted by Gasteiger charge is 2.48. The second-order valence-corrected chi connectivity index (χ2v) is 12.7. The summed E-state index contributed by atoms with van der Waals surface area (Å²) in [5, 5.41) is 0. The summed E-state index contributed by atoms with van der Waals surface area (Å²) in [6.45, 7) is 5.20. The van der Waals surface area contributed by atoms with Gasteiger partial charge in [-0.05, 0) is 49.6 Å². The van der Waals surface area contributed by atoms with Gasteiger partial charge in [-0.15, -0.1) is 0 Å². The Morgan fingerprint density at radius 1 is 0.434 bits per heavy atom. The van der Waals surface area contributed by atoms with Crippen molar-refractivity contribution in [3.63, 3.8) is 0 Å². The van der Waals surface area contributed by atoms with Crippen LogP contribution in [0.4, 0.5) is 35.1 Å². The van der Waals surface area contributed by atoms with Crippen molar-refractivity contribution < 1.29 is 49.3 Å². The first-order valence-corrected chi connectivity index (χ1v) is 16.2. The second kappa shape index (κ2) is 13.0. The number of rotatable bonds is 3. The molecule has 0 radical (unpaired) electrons. The summed E-state index contributed by atoms with van der Waals surface area (Å²) < 4.78 is 131. The minimum atomic E-state index is -4.03. The van der Waals surface area contributed by atoms with E-state index in [2.05, 4.69) is 9.47 Å². The second-order valence-electron chi connectivity index (χ2n) is 12.7. The summed E-state index contributed by atoms with van der Waals surface area (Å²) in [5.74, 6) is -5.52. The first kappa shape index (κ1) is 35.6. The number of halogens is 8. The van der Waals surface area contributed by atoms with Crippen LogP contribution in [-0.2, 0) is 12.2 Å². The van der Waals surface area contributed by atoms with Gasteiger partial charge in [-0.2, -0.15) is 22.0 Å². The number of methoxy groups -OCH3 is 1. The third kappa shape index (κ3) is 6.03. The molecular formula is C42H28F8O3. The molecule has 0 N–H and O–H groups in total. The molecule has 0 aliphatic carbocycles. The topological polar surface area (TPSA) is 27.7 Å². The summed E-state index contributed by atoms with van der Waals surface area (Å²) in [7, 11) is 1.22. The molecule has 0 fully saturated rings. The maximum atomic E-state index is 15.1.